The van der Waals surface area contributed by atoms with Crippen LogP contribution in [0.5, 0.6) is 0 Å². The number of hydrogen-bond acceptors (Lipinski definition) is 3. The predicted molar refractivity (Wildman–Crippen MR) is 221 cm³/mol. The topological polar surface area (TPSA) is 43.7 Å². The molecule has 0 aromatic heterocycles. The molecule has 0 aliphatic rings. The van der Waals surface area contributed by atoms with E-state index in [2.05, 4.69) is 25.7 Å². The Kier molecular flexibility index (Phi) is 42.2. The van der Waals surface area contributed by atoms with Gasteiger partial charge in [0.25, 0.3) is 0 Å². The Morgan fingerprint density at radius 1 is 0.286 bits per heavy atom. The van der Waals surface area contributed by atoms with E-state index in [0.29, 0.717) is 0 Å². The molecule has 2 atom stereocenters. The van der Waals surface area contributed by atoms with Gasteiger partial charge in [-0.15, -0.1) is 0 Å². The first-order chi connectivity index (χ1) is 24.1. The molecule has 0 aliphatic carbocycles. The van der Waals surface area contributed by atoms with Gasteiger partial charge in [0.2, 0.25) is 0 Å². The van der Waals surface area contributed by atoms with Crippen molar-refractivity contribution < 1.29 is 10.2 Å². The molecular formula is C46H95NO2. The Balaban J connectivity index is 4.07. The minimum Gasteiger partial charge on any atom is -0.392 e. The molecule has 0 rings (SSSR count). The number of rotatable bonds is 43. The van der Waals surface area contributed by atoms with Crippen LogP contribution in [0, 0.1) is 0 Å². The van der Waals surface area contributed by atoms with Gasteiger partial charge in [0.15, 0.2) is 0 Å². The fraction of sp³-hybridized carbons (Fsp3) is 1.00. The quantitative estimate of drug-likeness (QED) is 0.0625. The van der Waals surface area contributed by atoms with Crippen molar-refractivity contribution >= 4 is 0 Å². The van der Waals surface area contributed by atoms with Crippen molar-refractivity contribution in [3.63, 3.8) is 0 Å². The van der Waals surface area contributed by atoms with Gasteiger partial charge >= 0.3 is 0 Å². The molecule has 0 saturated heterocycles. The predicted octanol–water partition coefficient (Wildman–Crippen LogP) is 14.9. The van der Waals surface area contributed by atoms with Crippen molar-refractivity contribution in [2.45, 2.75) is 277 Å². The summed E-state index contributed by atoms with van der Waals surface area (Å²) < 4.78 is 0. The minimum absolute atomic E-state index is 0.250. The summed E-state index contributed by atoms with van der Waals surface area (Å²) in [5, 5.41) is 21.9. The second-order valence-electron chi connectivity index (χ2n) is 16.3. The zero-order valence-corrected chi connectivity index (χ0v) is 34.5. The van der Waals surface area contributed by atoms with Crippen LogP contribution in [-0.2, 0) is 0 Å². The molecule has 0 aromatic carbocycles. The summed E-state index contributed by atoms with van der Waals surface area (Å²) in [6.45, 7) is 9.39. The highest BCUT2D eigenvalue weighted by Crippen LogP contribution is 2.17. The third-order valence-corrected chi connectivity index (χ3v) is 11.0. The van der Waals surface area contributed by atoms with Gasteiger partial charge in [0.05, 0.1) is 12.2 Å². The van der Waals surface area contributed by atoms with E-state index in [1.165, 1.54) is 218 Å². The van der Waals surface area contributed by atoms with Crippen molar-refractivity contribution in [2.24, 2.45) is 0 Å². The van der Waals surface area contributed by atoms with E-state index in [1.54, 1.807) is 0 Å². The highest BCUT2D eigenvalue weighted by atomic mass is 16.3. The van der Waals surface area contributed by atoms with Crippen LogP contribution in [0.15, 0.2) is 0 Å². The number of hydrogen-bond donors (Lipinski definition) is 2. The molecule has 2 unspecified atom stereocenters. The lowest BCUT2D eigenvalue weighted by molar-refractivity contribution is 0.0596. The van der Waals surface area contributed by atoms with E-state index >= 15 is 0 Å². The highest BCUT2D eigenvalue weighted by molar-refractivity contribution is 4.70. The highest BCUT2D eigenvalue weighted by Gasteiger charge is 2.16. The second kappa shape index (κ2) is 42.3. The molecule has 0 spiro atoms. The average molecular weight is 694 g/mol. The van der Waals surface area contributed by atoms with E-state index in [4.69, 9.17) is 0 Å². The van der Waals surface area contributed by atoms with Crippen molar-refractivity contribution in [1.82, 2.24) is 4.90 Å². The maximum atomic E-state index is 10.9. The average Bonchev–Trinajstić information content (AvgIpc) is 3.09. The van der Waals surface area contributed by atoms with Crippen LogP contribution in [-0.4, -0.2) is 47.0 Å². The zero-order chi connectivity index (χ0) is 35.7. The molecule has 3 nitrogen and oxygen atoms in total. The Bertz CT molecular complexity index is 543. The monoisotopic (exact) mass is 694 g/mol. The van der Waals surface area contributed by atoms with E-state index in [1.807, 2.05) is 0 Å². The van der Waals surface area contributed by atoms with Gasteiger partial charge in [-0.3, -0.25) is 4.90 Å². The largest absolute Gasteiger partial charge is 0.392 e. The van der Waals surface area contributed by atoms with Crippen molar-refractivity contribution in [1.29, 1.82) is 0 Å². The minimum atomic E-state index is -0.250. The van der Waals surface area contributed by atoms with Crippen LogP contribution < -0.4 is 0 Å². The first-order valence-corrected chi connectivity index (χ1v) is 23.2. The molecular weight excluding hydrogens is 599 g/mol. The normalized spacial score (nSPS) is 13.1. The number of aliphatic hydroxyl groups is 2. The standard InChI is InChI=1S/C46H95NO2/c1-4-7-10-13-16-19-21-23-25-27-29-31-34-37-40-45(48)43-47(42-39-36-33-18-15-12-9-6-3)44-46(49)41-38-35-32-30-28-26-24-22-20-17-14-11-8-5-2/h45-46,48-49H,4-44H2,1-3H3. The molecule has 0 heterocycles. The van der Waals surface area contributed by atoms with Gasteiger partial charge in [0, 0.05) is 13.1 Å². The maximum Gasteiger partial charge on any atom is 0.0667 e. The van der Waals surface area contributed by atoms with E-state index in [9.17, 15) is 10.2 Å². The Morgan fingerprint density at radius 2 is 0.490 bits per heavy atom. The van der Waals surface area contributed by atoms with Gasteiger partial charge in [-0.2, -0.15) is 0 Å². The number of aliphatic hydroxyl groups excluding tert-OH is 2. The molecule has 49 heavy (non-hydrogen) atoms. The van der Waals surface area contributed by atoms with Crippen LogP contribution in [0.1, 0.15) is 265 Å². The molecule has 2 N–H and O–H groups in total. The summed E-state index contributed by atoms with van der Waals surface area (Å²) in [6.07, 6.45) is 50.5. The van der Waals surface area contributed by atoms with Gasteiger partial charge in [0.1, 0.15) is 0 Å². The van der Waals surface area contributed by atoms with Gasteiger partial charge in [-0.05, 0) is 25.8 Å². The molecule has 0 radical (unpaired) electrons. The third kappa shape index (κ3) is 40.5. The summed E-state index contributed by atoms with van der Waals surface area (Å²) in [5.41, 5.74) is 0. The van der Waals surface area contributed by atoms with Crippen LogP contribution >= 0.6 is 0 Å². The van der Waals surface area contributed by atoms with Crippen molar-refractivity contribution in [3.05, 3.63) is 0 Å². The lowest BCUT2D eigenvalue weighted by Crippen LogP contribution is -2.38. The molecule has 0 saturated carbocycles. The van der Waals surface area contributed by atoms with Crippen molar-refractivity contribution in [2.75, 3.05) is 19.6 Å². The Morgan fingerprint density at radius 3 is 0.735 bits per heavy atom. The summed E-state index contributed by atoms with van der Waals surface area (Å²) in [5.74, 6) is 0. The summed E-state index contributed by atoms with van der Waals surface area (Å²) in [4.78, 5) is 2.40. The van der Waals surface area contributed by atoms with Crippen LogP contribution in [0.2, 0.25) is 0 Å². The van der Waals surface area contributed by atoms with E-state index in [-0.39, 0.29) is 12.2 Å². The van der Waals surface area contributed by atoms with Crippen LogP contribution in [0.3, 0.4) is 0 Å². The van der Waals surface area contributed by atoms with Gasteiger partial charge in [-0.1, -0.05) is 245 Å². The summed E-state index contributed by atoms with van der Waals surface area (Å²) in [7, 11) is 0. The summed E-state index contributed by atoms with van der Waals surface area (Å²) in [6, 6.07) is 0. The molecule has 0 aliphatic heterocycles. The van der Waals surface area contributed by atoms with Gasteiger partial charge in [-0.25, -0.2) is 0 Å². The molecule has 0 aromatic rings. The molecule has 0 fully saturated rings. The zero-order valence-electron chi connectivity index (χ0n) is 34.5. The van der Waals surface area contributed by atoms with Crippen molar-refractivity contribution in [3.8, 4) is 0 Å². The van der Waals surface area contributed by atoms with Crippen LogP contribution in [0.25, 0.3) is 0 Å². The lowest BCUT2D eigenvalue weighted by Gasteiger charge is -2.27. The Labute approximate surface area is 311 Å². The molecule has 0 amide bonds. The third-order valence-electron chi connectivity index (χ3n) is 11.0. The fourth-order valence-corrected chi connectivity index (χ4v) is 7.65. The van der Waals surface area contributed by atoms with E-state index in [0.717, 1.165) is 45.3 Å². The molecule has 0 bridgehead atoms. The summed E-state index contributed by atoms with van der Waals surface area (Å²) >= 11 is 0. The second-order valence-corrected chi connectivity index (χ2v) is 16.3. The molecule has 296 valence electrons. The molecule has 3 heteroatoms. The smallest absolute Gasteiger partial charge is 0.0667 e. The van der Waals surface area contributed by atoms with Gasteiger partial charge < -0.3 is 10.2 Å². The van der Waals surface area contributed by atoms with Crippen LogP contribution in [0.4, 0.5) is 0 Å². The van der Waals surface area contributed by atoms with E-state index < -0.39 is 0 Å². The first kappa shape index (κ1) is 48.9. The first-order valence-electron chi connectivity index (χ1n) is 23.2. The number of unbranched alkanes of at least 4 members (excludes halogenated alkanes) is 33. The number of nitrogens with zero attached hydrogens (tertiary/aromatic N) is 1. The Hall–Kier alpha value is -0.120. The maximum absolute atomic E-state index is 10.9. The lowest BCUT2D eigenvalue weighted by atomic mass is 10.0. The fourth-order valence-electron chi connectivity index (χ4n) is 7.65. The SMILES string of the molecule is CCCCCCCCCCCCCCCCC(O)CN(CCCCCCCCCC)CC(O)CCCCCCCCCCCCCCCC.